The monoisotopic (exact) mass is 566 g/mol. The van der Waals surface area contributed by atoms with Crippen LogP contribution in [-0.4, -0.2) is 95.4 Å². The Bertz CT molecular complexity index is 1220. The molecule has 1 aromatic carbocycles. The van der Waals surface area contributed by atoms with E-state index in [9.17, 15) is 10.2 Å². The van der Waals surface area contributed by atoms with Crippen molar-refractivity contribution in [2.75, 3.05) is 65.4 Å². The van der Waals surface area contributed by atoms with E-state index in [0.29, 0.717) is 6.42 Å². The number of hydrogen-bond donors (Lipinski definition) is 2. The normalized spacial score (nSPS) is 19.1. The summed E-state index contributed by atoms with van der Waals surface area (Å²) in [7, 11) is 1.66. The number of likely N-dealkylation sites (tertiary alicyclic amines) is 1. The van der Waals surface area contributed by atoms with Gasteiger partial charge in [-0.05, 0) is 85.6 Å². The number of fused-ring (bicyclic) bond motifs is 1. The number of pyridine rings is 2. The summed E-state index contributed by atoms with van der Waals surface area (Å²) in [5.74, 6) is 1.76. The van der Waals surface area contributed by atoms with Crippen LogP contribution in [0.3, 0.4) is 0 Å². The van der Waals surface area contributed by atoms with Crippen LogP contribution in [0.4, 0.5) is 0 Å². The summed E-state index contributed by atoms with van der Waals surface area (Å²) in [6, 6.07) is 11.9. The van der Waals surface area contributed by atoms with Gasteiger partial charge in [-0.15, -0.1) is 11.8 Å². The van der Waals surface area contributed by atoms with E-state index in [-0.39, 0.29) is 12.0 Å². The highest BCUT2D eigenvalue weighted by molar-refractivity contribution is 7.99. The van der Waals surface area contributed by atoms with Crippen LogP contribution in [0.1, 0.15) is 42.9 Å². The molecule has 2 aromatic heterocycles. The number of aromatic nitrogens is 2. The van der Waals surface area contributed by atoms with Gasteiger partial charge in [0.05, 0.1) is 37.0 Å². The molecule has 1 atom stereocenters. The summed E-state index contributed by atoms with van der Waals surface area (Å²) < 4.78 is 11.1. The lowest BCUT2D eigenvalue weighted by Gasteiger charge is -2.41. The van der Waals surface area contributed by atoms with Crippen molar-refractivity contribution < 1.29 is 19.7 Å². The van der Waals surface area contributed by atoms with Gasteiger partial charge in [-0.1, -0.05) is 6.07 Å². The Morgan fingerprint density at radius 2 is 1.90 bits per heavy atom. The van der Waals surface area contributed by atoms with Crippen LogP contribution in [0.2, 0.25) is 0 Å². The molecule has 40 heavy (non-hydrogen) atoms. The third-order valence-electron chi connectivity index (χ3n) is 8.53. The number of piperidine rings is 1. The second kappa shape index (κ2) is 14.1. The molecule has 3 aromatic rings. The second-order valence-electron chi connectivity index (χ2n) is 11.0. The lowest BCUT2D eigenvalue weighted by atomic mass is 9.74. The molecule has 216 valence electrons. The van der Waals surface area contributed by atoms with Crippen molar-refractivity contribution in [2.24, 2.45) is 5.41 Å². The zero-order valence-electron chi connectivity index (χ0n) is 23.5. The lowest BCUT2D eigenvalue weighted by molar-refractivity contribution is 0.0245. The number of methoxy groups -OCH3 is 1. The van der Waals surface area contributed by atoms with Crippen LogP contribution in [0.15, 0.2) is 53.8 Å². The Hall–Kier alpha value is -2.27. The van der Waals surface area contributed by atoms with Crippen molar-refractivity contribution in [1.82, 2.24) is 19.8 Å². The standard InChI is InChI=1S/C31H42N4O4S/c1-38-25-5-6-27-26(20-25)30(24(21-33-27)22-35-14-17-39-18-15-35)28(37)7-8-31(23-36)9-12-34(13-10-31)16-19-40-29-4-2-3-11-32-29/h2-6,11,20-21,28,36-37H,7-10,12-19,22-23H2,1H3. The molecule has 8 nitrogen and oxygen atoms in total. The Morgan fingerprint density at radius 1 is 1.07 bits per heavy atom. The van der Waals surface area contributed by atoms with Gasteiger partial charge in [-0.2, -0.15) is 0 Å². The molecule has 0 bridgehead atoms. The van der Waals surface area contributed by atoms with E-state index in [2.05, 4.69) is 20.9 Å². The van der Waals surface area contributed by atoms with Gasteiger partial charge in [-0.25, -0.2) is 4.98 Å². The van der Waals surface area contributed by atoms with Gasteiger partial charge in [0, 0.05) is 56.3 Å². The summed E-state index contributed by atoms with van der Waals surface area (Å²) in [6.45, 7) is 7.03. The molecule has 5 rings (SSSR count). The first-order valence-electron chi connectivity index (χ1n) is 14.4. The van der Waals surface area contributed by atoms with Crippen LogP contribution >= 0.6 is 11.8 Å². The number of morpholine rings is 1. The van der Waals surface area contributed by atoms with Crippen molar-refractivity contribution in [3.8, 4) is 5.75 Å². The predicted octanol–water partition coefficient (Wildman–Crippen LogP) is 4.15. The van der Waals surface area contributed by atoms with Gasteiger partial charge >= 0.3 is 0 Å². The van der Waals surface area contributed by atoms with Crippen LogP contribution in [0, 0.1) is 5.41 Å². The molecule has 0 saturated carbocycles. The average molecular weight is 567 g/mol. The van der Waals surface area contributed by atoms with Gasteiger partial charge in [0.25, 0.3) is 0 Å². The number of nitrogens with zero attached hydrogens (tertiary/aromatic N) is 4. The van der Waals surface area contributed by atoms with Gasteiger partial charge in [0.1, 0.15) is 5.75 Å². The SMILES string of the molecule is COc1ccc2ncc(CN3CCOCC3)c(C(O)CCC3(CO)CCN(CCSc4ccccn4)CC3)c2c1. The number of hydrogen-bond acceptors (Lipinski definition) is 9. The molecule has 0 amide bonds. The fraction of sp³-hybridized carbons (Fsp3) is 0.548. The minimum absolute atomic E-state index is 0.155. The molecule has 9 heteroatoms. The third-order valence-corrected chi connectivity index (χ3v) is 9.45. The van der Waals surface area contributed by atoms with Gasteiger partial charge < -0.3 is 24.6 Å². The summed E-state index contributed by atoms with van der Waals surface area (Å²) in [5.41, 5.74) is 2.69. The summed E-state index contributed by atoms with van der Waals surface area (Å²) in [4.78, 5) is 14.0. The molecular formula is C31H42N4O4S. The van der Waals surface area contributed by atoms with Gasteiger partial charge in [0.15, 0.2) is 0 Å². The highest BCUT2D eigenvalue weighted by Crippen LogP contribution is 2.40. The zero-order chi connectivity index (χ0) is 27.8. The van der Waals surface area contributed by atoms with E-state index in [1.165, 1.54) is 0 Å². The highest BCUT2D eigenvalue weighted by Gasteiger charge is 2.35. The maximum absolute atomic E-state index is 11.7. The summed E-state index contributed by atoms with van der Waals surface area (Å²) in [5, 5.41) is 24.2. The van der Waals surface area contributed by atoms with E-state index in [0.717, 1.165) is 110 Å². The van der Waals surface area contributed by atoms with Crippen LogP contribution in [0.25, 0.3) is 10.9 Å². The van der Waals surface area contributed by atoms with E-state index in [4.69, 9.17) is 14.5 Å². The second-order valence-corrected chi connectivity index (χ2v) is 12.2. The summed E-state index contributed by atoms with van der Waals surface area (Å²) >= 11 is 1.79. The van der Waals surface area contributed by atoms with Crippen molar-refractivity contribution in [2.45, 2.75) is 43.4 Å². The molecule has 2 N–H and O–H groups in total. The van der Waals surface area contributed by atoms with E-state index in [1.807, 2.05) is 42.7 Å². The first-order valence-corrected chi connectivity index (χ1v) is 15.4. The Morgan fingerprint density at radius 3 is 2.62 bits per heavy atom. The van der Waals surface area contributed by atoms with Crippen LogP contribution < -0.4 is 4.74 Å². The zero-order valence-corrected chi connectivity index (χ0v) is 24.3. The van der Waals surface area contributed by atoms with Crippen LogP contribution in [-0.2, 0) is 11.3 Å². The minimum atomic E-state index is -0.648. The quantitative estimate of drug-likeness (QED) is 0.314. The minimum Gasteiger partial charge on any atom is -0.497 e. The lowest BCUT2D eigenvalue weighted by Crippen LogP contribution is -2.43. The van der Waals surface area contributed by atoms with Crippen molar-refractivity contribution >= 4 is 22.7 Å². The molecule has 0 radical (unpaired) electrons. The number of aliphatic hydroxyl groups is 2. The van der Waals surface area contributed by atoms with E-state index < -0.39 is 6.10 Å². The molecular weight excluding hydrogens is 524 g/mol. The number of rotatable bonds is 12. The topological polar surface area (TPSA) is 91.2 Å². The number of aliphatic hydroxyl groups excluding tert-OH is 2. The smallest absolute Gasteiger partial charge is 0.119 e. The predicted molar refractivity (Wildman–Crippen MR) is 159 cm³/mol. The molecule has 2 fully saturated rings. The Labute approximate surface area is 241 Å². The third kappa shape index (κ3) is 7.32. The van der Waals surface area contributed by atoms with E-state index in [1.54, 1.807) is 18.9 Å². The highest BCUT2D eigenvalue weighted by atomic mass is 32.2. The largest absolute Gasteiger partial charge is 0.497 e. The average Bonchev–Trinajstić information content (AvgIpc) is 3.01. The van der Waals surface area contributed by atoms with Crippen LogP contribution in [0.5, 0.6) is 5.75 Å². The first-order chi connectivity index (χ1) is 19.6. The number of thioether (sulfide) groups is 1. The van der Waals surface area contributed by atoms with Crippen molar-refractivity contribution in [1.29, 1.82) is 0 Å². The molecule has 2 aliphatic rings. The number of ether oxygens (including phenoxy) is 2. The molecule has 0 spiro atoms. The Kier molecular flexibility index (Phi) is 10.3. The maximum atomic E-state index is 11.7. The molecule has 1 unspecified atom stereocenters. The fourth-order valence-corrected chi connectivity index (χ4v) is 6.79. The number of benzene rings is 1. The molecule has 0 aliphatic carbocycles. The van der Waals surface area contributed by atoms with E-state index >= 15 is 0 Å². The fourth-order valence-electron chi connectivity index (χ4n) is 5.92. The summed E-state index contributed by atoms with van der Waals surface area (Å²) in [6.07, 6.45) is 6.38. The van der Waals surface area contributed by atoms with Gasteiger partial charge in [-0.3, -0.25) is 9.88 Å². The van der Waals surface area contributed by atoms with Gasteiger partial charge in [0.2, 0.25) is 0 Å². The molecule has 4 heterocycles. The maximum Gasteiger partial charge on any atom is 0.119 e. The van der Waals surface area contributed by atoms with Crippen molar-refractivity contribution in [3.63, 3.8) is 0 Å². The first kappa shape index (κ1) is 29.2. The Balaban J connectivity index is 1.24. The molecule has 2 aliphatic heterocycles. The molecule has 2 saturated heterocycles. The van der Waals surface area contributed by atoms with Crippen molar-refractivity contribution in [3.05, 3.63) is 59.9 Å².